The van der Waals surface area contributed by atoms with Crippen LogP contribution < -0.4 is 15.5 Å². The van der Waals surface area contributed by atoms with E-state index in [2.05, 4.69) is 15.6 Å². The number of carbonyl (C=O) groups is 2. The lowest BCUT2D eigenvalue weighted by Gasteiger charge is -2.21. The Labute approximate surface area is 157 Å². The molecule has 2 aromatic rings. The lowest BCUT2D eigenvalue weighted by molar-refractivity contribution is -0.117. The van der Waals surface area contributed by atoms with Crippen LogP contribution in [0.1, 0.15) is 46.9 Å². The lowest BCUT2D eigenvalue weighted by Crippen LogP contribution is -2.31. The van der Waals surface area contributed by atoms with Gasteiger partial charge in [-0.2, -0.15) is 0 Å². The van der Waals surface area contributed by atoms with Gasteiger partial charge in [-0.25, -0.2) is 9.78 Å². The predicted octanol–water partition coefficient (Wildman–Crippen LogP) is 4.08. The van der Waals surface area contributed by atoms with Gasteiger partial charge >= 0.3 is 6.03 Å². The number of carbonyl (C=O) groups excluding carboxylic acids is 2. The molecule has 1 aromatic carbocycles. The number of nitrogens with one attached hydrogen (secondary N) is 2. The summed E-state index contributed by atoms with van der Waals surface area (Å²) in [4.78, 5) is 31.7. The van der Waals surface area contributed by atoms with Gasteiger partial charge in [0.2, 0.25) is 5.91 Å². The third-order valence-electron chi connectivity index (χ3n) is 4.60. The number of anilines is 2. The van der Waals surface area contributed by atoms with Crippen LogP contribution in [0, 0.1) is 20.8 Å². The van der Waals surface area contributed by atoms with E-state index in [-0.39, 0.29) is 18.0 Å². The van der Waals surface area contributed by atoms with E-state index in [0.717, 1.165) is 39.8 Å². The molecule has 1 fully saturated rings. The zero-order valence-corrected chi connectivity index (χ0v) is 16.4. The summed E-state index contributed by atoms with van der Waals surface area (Å²) in [5.74, 6) is 0.138. The fourth-order valence-electron chi connectivity index (χ4n) is 3.32. The summed E-state index contributed by atoms with van der Waals surface area (Å²) >= 11 is 1.60. The van der Waals surface area contributed by atoms with Gasteiger partial charge in [0.1, 0.15) is 0 Å². The first-order valence-corrected chi connectivity index (χ1v) is 9.60. The maximum absolute atomic E-state index is 12.4. The first-order chi connectivity index (χ1) is 12.4. The van der Waals surface area contributed by atoms with Crippen molar-refractivity contribution in [1.29, 1.82) is 0 Å². The maximum atomic E-state index is 12.4. The van der Waals surface area contributed by atoms with Crippen LogP contribution in [0.15, 0.2) is 18.2 Å². The Hall–Kier alpha value is -2.41. The van der Waals surface area contributed by atoms with Crippen molar-refractivity contribution in [2.75, 3.05) is 16.8 Å². The highest BCUT2D eigenvalue weighted by atomic mass is 32.1. The van der Waals surface area contributed by atoms with Crippen LogP contribution in [0.5, 0.6) is 0 Å². The fourth-order valence-corrected chi connectivity index (χ4v) is 4.25. The molecule has 0 spiro atoms. The number of rotatable bonds is 4. The summed E-state index contributed by atoms with van der Waals surface area (Å²) in [5, 5.41) is 6.87. The minimum atomic E-state index is -0.268. The van der Waals surface area contributed by atoms with E-state index in [9.17, 15) is 9.59 Å². The summed E-state index contributed by atoms with van der Waals surface area (Å²) in [6.07, 6.45) is 1.46. The molecule has 1 atom stereocenters. The molecule has 26 heavy (non-hydrogen) atoms. The number of thiazole rings is 1. The van der Waals surface area contributed by atoms with Crippen LogP contribution in [0.25, 0.3) is 0 Å². The zero-order chi connectivity index (χ0) is 18.8. The van der Waals surface area contributed by atoms with Gasteiger partial charge in [-0.05, 0) is 51.8 Å². The molecule has 1 unspecified atom stereocenters. The van der Waals surface area contributed by atoms with Crippen molar-refractivity contribution in [3.05, 3.63) is 39.3 Å². The molecule has 0 aliphatic carbocycles. The molecule has 1 aliphatic rings. The second kappa shape index (κ2) is 7.45. The molecule has 1 aliphatic heterocycles. The Morgan fingerprint density at radius 2 is 2.08 bits per heavy atom. The number of hydrogen-bond acceptors (Lipinski definition) is 4. The van der Waals surface area contributed by atoms with Crippen LogP contribution in [0.4, 0.5) is 16.2 Å². The fraction of sp³-hybridized carbons (Fsp3) is 0.421. The highest BCUT2D eigenvalue weighted by Gasteiger charge is 2.24. The Morgan fingerprint density at radius 3 is 2.69 bits per heavy atom. The molecule has 138 valence electrons. The van der Waals surface area contributed by atoms with Crippen LogP contribution in [0.3, 0.4) is 0 Å². The minimum Gasteiger partial charge on any atom is -0.330 e. The molecule has 3 amide bonds. The van der Waals surface area contributed by atoms with E-state index in [1.54, 1.807) is 16.2 Å². The molecule has 6 nitrogen and oxygen atoms in total. The van der Waals surface area contributed by atoms with Crippen molar-refractivity contribution in [2.45, 2.75) is 46.6 Å². The first kappa shape index (κ1) is 18.4. The molecule has 3 rings (SSSR count). The second-order valence-electron chi connectivity index (χ2n) is 6.60. The van der Waals surface area contributed by atoms with Gasteiger partial charge < -0.3 is 15.5 Å². The number of urea groups is 1. The summed E-state index contributed by atoms with van der Waals surface area (Å²) in [6.45, 7) is 8.52. The molecule has 1 saturated heterocycles. The van der Waals surface area contributed by atoms with Crippen LogP contribution in [-0.2, 0) is 4.79 Å². The van der Waals surface area contributed by atoms with Gasteiger partial charge in [0.15, 0.2) is 0 Å². The highest BCUT2D eigenvalue weighted by molar-refractivity contribution is 7.11. The quantitative estimate of drug-likeness (QED) is 0.849. The number of aryl methyl sites for hydroxylation is 2. The smallest absolute Gasteiger partial charge is 0.319 e. The lowest BCUT2D eigenvalue weighted by atomic mass is 10.1. The Kier molecular flexibility index (Phi) is 5.27. The largest absolute Gasteiger partial charge is 0.330 e. The van der Waals surface area contributed by atoms with Crippen molar-refractivity contribution in [2.24, 2.45) is 0 Å². The monoisotopic (exact) mass is 372 g/mol. The molecule has 0 radical (unpaired) electrons. The Bertz CT molecular complexity index is 846. The normalized spacial score (nSPS) is 15.2. The molecule has 0 bridgehead atoms. The van der Waals surface area contributed by atoms with E-state index >= 15 is 0 Å². The summed E-state index contributed by atoms with van der Waals surface area (Å²) in [7, 11) is 0. The van der Waals surface area contributed by atoms with Crippen molar-refractivity contribution >= 4 is 34.6 Å². The van der Waals surface area contributed by atoms with Gasteiger partial charge in [-0.15, -0.1) is 11.3 Å². The second-order valence-corrected chi connectivity index (χ2v) is 7.84. The van der Waals surface area contributed by atoms with E-state index in [1.807, 2.05) is 45.9 Å². The van der Waals surface area contributed by atoms with Crippen molar-refractivity contribution in [3.63, 3.8) is 0 Å². The summed E-state index contributed by atoms with van der Waals surface area (Å²) in [5.41, 5.74) is 3.43. The van der Waals surface area contributed by atoms with Crippen molar-refractivity contribution in [3.8, 4) is 0 Å². The maximum Gasteiger partial charge on any atom is 0.319 e. The molecular formula is C19H24N4O2S. The topological polar surface area (TPSA) is 74.3 Å². The van der Waals surface area contributed by atoms with Gasteiger partial charge in [-0.1, -0.05) is 6.07 Å². The molecule has 7 heteroatoms. The van der Waals surface area contributed by atoms with Gasteiger partial charge in [0.05, 0.1) is 16.7 Å². The highest BCUT2D eigenvalue weighted by Crippen LogP contribution is 2.30. The number of amides is 3. The predicted molar refractivity (Wildman–Crippen MR) is 105 cm³/mol. The number of aromatic nitrogens is 1. The Balaban J connectivity index is 1.71. The molecular weight excluding hydrogens is 348 g/mol. The minimum absolute atomic E-state index is 0.121. The van der Waals surface area contributed by atoms with Crippen LogP contribution >= 0.6 is 11.3 Å². The third-order valence-corrected chi connectivity index (χ3v) is 5.85. The Morgan fingerprint density at radius 1 is 1.31 bits per heavy atom. The SMILES string of the molecule is Cc1nc(C)c(C(C)NC(=O)Nc2cccc(N3CCCC3=O)c2C)s1. The number of benzene rings is 1. The summed E-state index contributed by atoms with van der Waals surface area (Å²) < 4.78 is 0. The van der Waals surface area contributed by atoms with Crippen LogP contribution in [-0.4, -0.2) is 23.5 Å². The van der Waals surface area contributed by atoms with Gasteiger partial charge in [0.25, 0.3) is 0 Å². The molecule has 0 saturated carbocycles. The molecule has 1 aromatic heterocycles. The third kappa shape index (κ3) is 3.72. The average Bonchev–Trinajstić information content (AvgIpc) is 3.14. The van der Waals surface area contributed by atoms with Crippen molar-refractivity contribution in [1.82, 2.24) is 10.3 Å². The average molecular weight is 372 g/mol. The first-order valence-electron chi connectivity index (χ1n) is 8.78. The molecule has 2 heterocycles. The van der Waals surface area contributed by atoms with Crippen LogP contribution in [0.2, 0.25) is 0 Å². The van der Waals surface area contributed by atoms with Crippen molar-refractivity contribution < 1.29 is 9.59 Å². The van der Waals surface area contributed by atoms with Gasteiger partial charge in [0, 0.05) is 29.2 Å². The van der Waals surface area contributed by atoms with E-state index in [1.165, 1.54) is 0 Å². The van der Waals surface area contributed by atoms with Gasteiger partial charge in [-0.3, -0.25) is 4.79 Å². The van der Waals surface area contributed by atoms with E-state index in [4.69, 9.17) is 0 Å². The number of hydrogen-bond donors (Lipinski definition) is 2. The van der Waals surface area contributed by atoms with E-state index < -0.39 is 0 Å². The van der Waals surface area contributed by atoms with E-state index in [0.29, 0.717) is 12.1 Å². The standard InChI is InChI=1S/C19H24N4O2S/c1-11-15(7-5-8-16(11)23-10-6-9-17(23)24)22-19(25)21-13(3)18-12(2)20-14(4)26-18/h5,7-8,13H,6,9-10H2,1-4H3,(H2,21,22,25). The molecule has 2 N–H and O–H groups in total. The number of nitrogens with zero attached hydrogens (tertiary/aromatic N) is 2. The zero-order valence-electron chi connectivity index (χ0n) is 15.5. The summed E-state index contributed by atoms with van der Waals surface area (Å²) in [6, 6.07) is 5.25.